The first kappa shape index (κ1) is 19.0. The van der Waals surface area contributed by atoms with E-state index in [1.165, 1.54) is 11.1 Å². The minimum atomic E-state index is -0.0543. The zero-order valence-electron chi connectivity index (χ0n) is 15.5. The second-order valence-corrected chi connectivity index (χ2v) is 8.80. The largest absolute Gasteiger partial charge is 0.279 e. The molecule has 4 aromatic rings. The Hall–Kier alpha value is -2.32. The monoisotopic (exact) mass is 499 g/mol. The maximum absolute atomic E-state index is 13.4. The summed E-state index contributed by atoms with van der Waals surface area (Å²) in [5.41, 5.74) is 5.00. The predicted octanol–water partition coefficient (Wildman–Crippen LogP) is 5.76. The fraction of sp³-hybridized carbons (Fsp3) is 0.136. The lowest BCUT2D eigenvalue weighted by atomic mass is 10.1. The van der Waals surface area contributed by atoms with Crippen LogP contribution in [0.15, 0.2) is 60.9 Å². The highest BCUT2D eigenvalue weighted by Crippen LogP contribution is 2.32. The van der Waals surface area contributed by atoms with Gasteiger partial charge in [0.1, 0.15) is 0 Å². The number of benzene rings is 2. The van der Waals surface area contributed by atoms with Crippen LogP contribution in [0.25, 0.3) is 10.2 Å². The highest BCUT2D eigenvalue weighted by Gasteiger charge is 2.23. The van der Waals surface area contributed by atoms with Gasteiger partial charge in [0.2, 0.25) is 0 Å². The van der Waals surface area contributed by atoms with Crippen molar-refractivity contribution in [2.24, 2.45) is 0 Å². The Balaban J connectivity index is 1.81. The van der Waals surface area contributed by atoms with Crippen LogP contribution in [0.2, 0.25) is 0 Å². The third-order valence-corrected chi connectivity index (χ3v) is 6.62. The van der Waals surface area contributed by atoms with Gasteiger partial charge in [-0.25, -0.2) is 4.98 Å². The van der Waals surface area contributed by atoms with E-state index in [4.69, 9.17) is 4.98 Å². The smallest absolute Gasteiger partial charge is 0.261 e. The first-order valence-electron chi connectivity index (χ1n) is 8.86. The molecular weight excluding hydrogens is 481 g/mol. The number of carbonyl (C=O) groups excluding carboxylic acids is 1. The van der Waals surface area contributed by atoms with Crippen molar-refractivity contribution in [2.75, 3.05) is 4.90 Å². The number of carbonyl (C=O) groups is 1. The van der Waals surface area contributed by atoms with Crippen molar-refractivity contribution in [3.05, 3.63) is 86.7 Å². The van der Waals surface area contributed by atoms with E-state index in [-0.39, 0.29) is 5.91 Å². The molecule has 0 spiro atoms. The number of nitrogens with zero attached hydrogens (tertiary/aromatic N) is 3. The van der Waals surface area contributed by atoms with E-state index in [0.29, 0.717) is 17.2 Å². The maximum Gasteiger partial charge on any atom is 0.261 e. The molecule has 0 saturated heterocycles. The Morgan fingerprint density at radius 1 is 1.11 bits per heavy atom. The lowest BCUT2D eigenvalue weighted by Gasteiger charge is -2.20. The molecule has 140 valence electrons. The summed E-state index contributed by atoms with van der Waals surface area (Å²) < 4.78 is 2.01. The van der Waals surface area contributed by atoms with Gasteiger partial charge in [-0.1, -0.05) is 29.5 Å². The van der Waals surface area contributed by atoms with E-state index in [0.717, 1.165) is 19.4 Å². The van der Waals surface area contributed by atoms with Crippen molar-refractivity contribution in [2.45, 2.75) is 20.4 Å². The summed E-state index contributed by atoms with van der Waals surface area (Å²) in [5, 5.41) is 0.702. The van der Waals surface area contributed by atoms with Gasteiger partial charge in [-0.15, -0.1) is 0 Å². The van der Waals surface area contributed by atoms with E-state index in [2.05, 4.69) is 53.6 Å². The summed E-state index contributed by atoms with van der Waals surface area (Å²) in [6, 6.07) is 15.7. The number of halogens is 1. The average molecular weight is 499 g/mol. The number of aryl methyl sites for hydroxylation is 2. The minimum absolute atomic E-state index is 0.0543. The zero-order chi connectivity index (χ0) is 19.7. The van der Waals surface area contributed by atoms with Crippen molar-refractivity contribution in [1.82, 2.24) is 9.97 Å². The van der Waals surface area contributed by atoms with Gasteiger partial charge in [0, 0.05) is 16.0 Å². The van der Waals surface area contributed by atoms with Crippen LogP contribution in [0.4, 0.5) is 5.13 Å². The highest BCUT2D eigenvalue weighted by atomic mass is 127. The minimum Gasteiger partial charge on any atom is -0.279 e. The van der Waals surface area contributed by atoms with Crippen LogP contribution in [0.3, 0.4) is 0 Å². The number of fused-ring (bicyclic) bond motifs is 1. The lowest BCUT2D eigenvalue weighted by molar-refractivity contribution is 0.0984. The van der Waals surface area contributed by atoms with E-state index in [9.17, 15) is 4.79 Å². The summed E-state index contributed by atoms with van der Waals surface area (Å²) in [5.74, 6) is -0.0543. The Morgan fingerprint density at radius 3 is 2.64 bits per heavy atom. The fourth-order valence-corrected chi connectivity index (χ4v) is 4.63. The van der Waals surface area contributed by atoms with Gasteiger partial charge in [-0.3, -0.25) is 14.7 Å². The highest BCUT2D eigenvalue weighted by molar-refractivity contribution is 14.1. The topological polar surface area (TPSA) is 46.1 Å². The molecule has 4 rings (SSSR count). The summed E-state index contributed by atoms with van der Waals surface area (Å²) in [6.45, 7) is 4.60. The van der Waals surface area contributed by atoms with Gasteiger partial charge in [-0.05, 0) is 83.5 Å². The third-order valence-electron chi connectivity index (χ3n) is 4.64. The number of pyridine rings is 1. The molecule has 4 nitrogen and oxygen atoms in total. The number of anilines is 1. The van der Waals surface area contributed by atoms with Crippen LogP contribution in [0, 0.1) is 17.4 Å². The summed E-state index contributed by atoms with van der Waals surface area (Å²) >= 11 is 3.75. The van der Waals surface area contributed by atoms with E-state index in [1.54, 1.807) is 28.6 Å². The molecule has 2 aromatic carbocycles. The molecule has 0 N–H and O–H groups in total. The predicted molar refractivity (Wildman–Crippen MR) is 123 cm³/mol. The van der Waals surface area contributed by atoms with Crippen LogP contribution < -0.4 is 4.90 Å². The number of thiazole rings is 1. The number of amides is 1. The SMILES string of the molecule is Cc1cc2nc(N(Cc3cccnc3)C(=O)c3ccccc3I)sc2cc1C. The summed E-state index contributed by atoms with van der Waals surface area (Å²) in [6.07, 6.45) is 3.52. The standard InChI is InChI=1S/C22H18IN3OS/c1-14-10-19-20(11-15(14)2)28-22(25-19)26(13-16-6-5-9-24-12-16)21(27)17-7-3-4-8-18(17)23/h3-12H,13H2,1-2H3. The first-order valence-corrected chi connectivity index (χ1v) is 10.8. The second-order valence-electron chi connectivity index (χ2n) is 6.63. The van der Waals surface area contributed by atoms with Crippen LogP contribution in [-0.4, -0.2) is 15.9 Å². The Bertz CT molecular complexity index is 1120. The number of hydrogen-bond acceptors (Lipinski definition) is 4. The van der Waals surface area contributed by atoms with Gasteiger partial charge < -0.3 is 0 Å². The number of aromatic nitrogens is 2. The fourth-order valence-electron chi connectivity index (χ4n) is 2.96. The summed E-state index contributed by atoms with van der Waals surface area (Å²) in [7, 11) is 0. The average Bonchev–Trinajstić information content (AvgIpc) is 3.09. The molecule has 0 aliphatic rings. The van der Waals surface area contributed by atoms with E-state index >= 15 is 0 Å². The molecule has 1 amide bonds. The van der Waals surface area contributed by atoms with Crippen LogP contribution in [0.5, 0.6) is 0 Å². The van der Waals surface area contributed by atoms with Crippen molar-refractivity contribution in [3.63, 3.8) is 0 Å². The van der Waals surface area contributed by atoms with Gasteiger partial charge in [0.25, 0.3) is 5.91 Å². The van der Waals surface area contributed by atoms with Crippen molar-refractivity contribution in [3.8, 4) is 0 Å². The van der Waals surface area contributed by atoms with Crippen molar-refractivity contribution >= 4 is 55.2 Å². The van der Waals surface area contributed by atoms with Gasteiger partial charge in [0.05, 0.1) is 22.3 Å². The molecule has 0 atom stereocenters. The lowest BCUT2D eigenvalue weighted by Crippen LogP contribution is -2.31. The van der Waals surface area contributed by atoms with Crippen LogP contribution in [0.1, 0.15) is 27.0 Å². The number of hydrogen-bond donors (Lipinski definition) is 0. The molecule has 0 saturated carbocycles. The molecule has 0 bridgehead atoms. The van der Waals surface area contributed by atoms with Gasteiger partial charge >= 0.3 is 0 Å². The quantitative estimate of drug-likeness (QED) is 0.336. The number of rotatable bonds is 4. The van der Waals surface area contributed by atoms with E-state index in [1.807, 2.05) is 36.4 Å². The Kier molecular flexibility index (Phi) is 5.41. The molecule has 28 heavy (non-hydrogen) atoms. The zero-order valence-corrected chi connectivity index (χ0v) is 18.5. The van der Waals surface area contributed by atoms with Crippen LogP contribution >= 0.6 is 33.9 Å². The maximum atomic E-state index is 13.4. The molecule has 0 aliphatic carbocycles. The molecule has 0 fully saturated rings. The van der Waals surface area contributed by atoms with Crippen LogP contribution in [-0.2, 0) is 6.54 Å². The van der Waals surface area contributed by atoms with E-state index < -0.39 is 0 Å². The summed E-state index contributed by atoms with van der Waals surface area (Å²) in [4.78, 5) is 24.2. The Morgan fingerprint density at radius 2 is 1.89 bits per heavy atom. The molecular formula is C22H18IN3OS. The third kappa shape index (κ3) is 3.79. The second kappa shape index (κ2) is 7.97. The molecule has 0 radical (unpaired) electrons. The molecule has 0 unspecified atom stereocenters. The van der Waals surface area contributed by atoms with Gasteiger partial charge in [0.15, 0.2) is 5.13 Å². The first-order chi connectivity index (χ1) is 13.5. The normalized spacial score (nSPS) is 11.0. The Labute approximate surface area is 181 Å². The molecule has 6 heteroatoms. The molecule has 2 heterocycles. The molecule has 0 aliphatic heterocycles. The van der Waals surface area contributed by atoms with Gasteiger partial charge in [-0.2, -0.15) is 0 Å². The van der Waals surface area contributed by atoms with Crippen molar-refractivity contribution in [1.29, 1.82) is 0 Å². The molecule has 2 aromatic heterocycles. The van der Waals surface area contributed by atoms with Crippen molar-refractivity contribution < 1.29 is 4.79 Å².